The third kappa shape index (κ3) is 2.87. The highest BCUT2D eigenvalue weighted by atomic mass is 16.5. The number of carbonyl (C=O) groups is 1. The van der Waals surface area contributed by atoms with E-state index in [1.807, 2.05) is 4.90 Å². The van der Waals surface area contributed by atoms with Gasteiger partial charge in [-0.2, -0.15) is 0 Å². The number of carbonyl (C=O) groups excluding carboxylic acids is 1. The molecule has 1 saturated carbocycles. The molecule has 0 bridgehead atoms. The van der Waals surface area contributed by atoms with Crippen LogP contribution in [0.4, 0.5) is 4.79 Å². The molecular weight excluding hydrogens is 180 g/mol. The highest BCUT2D eigenvalue weighted by molar-refractivity contribution is 5.67. The van der Waals surface area contributed by atoms with Crippen molar-refractivity contribution in [3.05, 3.63) is 0 Å². The molecule has 0 heterocycles. The summed E-state index contributed by atoms with van der Waals surface area (Å²) < 4.78 is 4.77. The first-order valence-corrected chi connectivity index (χ1v) is 5.34. The molecule has 1 fully saturated rings. The topological polar surface area (TPSA) is 55.6 Å². The predicted molar refractivity (Wildman–Crippen MR) is 55.0 cm³/mol. The van der Waals surface area contributed by atoms with Gasteiger partial charge in [0.15, 0.2) is 0 Å². The van der Waals surface area contributed by atoms with E-state index in [0.717, 1.165) is 25.8 Å². The van der Waals surface area contributed by atoms with Crippen LogP contribution in [0.3, 0.4) is 0 Å². The van der Waals surface area contributed by atoms with Gasteiger partial charge >= 0.3 is 6.09 Å². The van der Waals surface area contributed by atoms with Crippen molar-refractivity contribution in [3.8, 4) is 0 Å². The van der Waals surface area contributed by atoms with Crippen LogP contribution in [0.2, 0.25) is 0 Å². The first-order chi connectivity index (χ1) is 6.79. The van der Waals surface area contributed by atoms with Gasteiger partial charge in [-0.3, -0.25) is 0 Å². The van der Waals surface area contributed by atoms with Crippen molar-refractivity contribution < 1.29 is 9.53 Å². The van der Waals surface area contributed by atoms with Gasteiger partial charge in [-0.1, -0.05) is 12.8 Å². The Morgan fingerprint density at radius 2 is 2.14 bits per heavy atom. The highest BCUT2D eigenvalue weighted by Gasteiger charge is 2.26. The molecule has 4 heteroatoms. The molecule has 4 nitrogen and oxygen atoms in total. The van der Waals surface area contributed by atoms with E-state index in [4.69, 9.17) is 10.5 Å². The van der Waals surface area contributed by atoms with Gasteiger partial charge in [-0.15, -0.1) is 0 Å². The molecule has 0 aromatic rings. The van der Waals surface area contributed by atoms with E-state index in [1.54, 1.807) is 0 Å². The number of ether oxygens (including phenoxy) is 1. The number of rotatable bonds is 4. The lowest BCUT2D eigenvalue weighted by Gasteiger charge is -2.27. The van der Waals surface area contributed by atoms with Crippen LogP contribution in [0.1, 0.15) is 32.1 Å². The summed E-state index contributed by atoms with van der Waals surface area (Å²) in [5.41, 5.74) is 5.44. The standard InChI is InChI=1S/C10H20N2O2/c1-14-10(13)12(8-4-7-11)9-5-2-3-6-9/h9H,2-8,11H2,1H3. The quantitative estimate of drug-likeness (QED) is 0.745. The Hall–Kier alpha value is -0.770. The van der Waals surface area contributed by atoms with Gasteiger partial charge in [0.1, 0.15) is 0 Å². The van der Waals surface area contributed by atoms with E-state index in [-0.39, 0.29) is 6.09 Å². The summed E-state index contributed by atoms with van der Waals surface area (Å²) in [6.45, 7) is 1.36. The summed E-state index contributed by atoms with van der Waals surface area (Å²) in [4.78, 5) is 13.3. The van der Waals surface area contributed by atoms with E-state index in [0.29, 0.717) is 12.6 Å². The molecule has 0 spiro atoms. The van der Waals surface area contributed by atoms with Crippen LogP contribution in [-0.4, -0.2) is 37.2 Å². The molecule has 1 aliphatic rings. The number of hydrogen-bond donors (Lipinski definition) is 1. The SMILES string of the molecule is COC(=O)N(CCCN)C1CCCC1. The molecule has 2 N–H and O–H groups in total. The molecule has 1 amide bonds. The van der Waals surface area contributed by atoms with E-state index in [2.05, 4.69) is 0 Å². The molecule has 1 rings (SSSR count). The van der Waals surface area contributed by atoms with Crippen molar-refractivity contribution in [1.82, 2.24) is 4.90 Å². The lowest BCUT2D eigenvalue weighted by atomic mass is 10.2. The highest BCUT2D eigenvalue weighted by Crippen LogP contribution is 2.23. The minimum absolute atomic E-state index is 0.203. The van der Waals surface area contributed by atoms with Gasteiger partial charge < -0.3 is 15.4 Å². The second kappa shape index (κ2) is 5.86. The Bertz CT molecular complexity index is 179. The zero-order chi connectivity index (χ0) is 10.4. The Labute approximate surface area is 85.4 Å². The minimum Gasteiger partial charge on any atom is -0.453 e. The first kappa shape index (κ1) is 11.3. The monoisotopic (exact) mass is 200 g/mol. The summed E-state index contributed by atoms with van der Waals surface area (Å²) >= 11 is 0. The smallest absolute Gasteiger partial charge is 0.409 e. The predicted octanol–water partition coefficient (Wildman–Crippen LogP) is 1.35. The Kier molecular flexibility index (Phi) is 4.73. The minimum atomic E-state index is -0.203. The Morgan fingerprint density at radius 3 is 2.64 bits per heavy atom. The van der Waals surface area contributed by atoms with Crippen LogP contribution in [0.15, 0.2) is 0 Å². The molecule has 0 unspecified atom stereocenters. The zero-order valence-corrected chi connectivity index (χ0v) is 8.87. The fourth-order valence-electron chi connectivity index (χ4n) is 2.02. The summed E-state index contributed by atoms with van der Waals surface area (Å²) in [7, 11) is 1.44. The number of amides is 1. The largest absolute Gasteiger partial charge is 0.453 e. The number of nitrogens with zero attached hydrogens (tertiary/aromatic N) is 1. The maximum Gasteiger partial charge on any atom is 0.409 e. The summed E-state index contributed by atoms with van der Waals surface area (Å²) in [6.07, 6.45) is 5.32. The van der Waals surface area contributed by atoms with Gasteiger partial charge in [0.2, 0.25) is 0 Å². The lowest BCUT2D eigenvalue weighted by Crippen LogP contribution is -2.40. The van der Waals surface area contributed by atoms with E-state index in [9.17, 15) is 4.79 Å². The van der Waals surface area contributed by atoms with Crippen LogP contribution in [0, 0.1) is 0 Å². The van der Waals surface area contributed by atoms with Gasteiger partial charge in [0.05, 0.1) is 7.11 Å². The second-order valence-corrected chi connectivity index (χ2v) is 3.74. The second-order valence-electron chi connectivity index (χ2n) is 3.74. The zero-order valence-electron chi connectivity index (χ0n) is 8.87. The average Bonchev–Trinajstić information content (AvgIpc) is 2.71. The van der Waals surface area contributed by atoms with Crippen molar-refractivity contribution in [2.75, 3.05) is 20.2 Å². The summed E-state index contributed by atoms with van der Waals surface area (Å²) in [6, 6.07) is 0.383. The van der Waals surface area contributed by atoms with E-state index in [1.165, 1.54) is 20.0 Å². The maximum absolute atomic E-state index is 11.5. The molecule has 0 saturated heterocycles. The van der Waals surface area contributed by atoms with Crippen molar-refractivity contribution >= 4 is 6.09 Å². The summed E-state index contributed by atoms with van der Waals surface area (Å²) in [5, 5.41) is 0. The van der Waals surface area contributed by atoms with E-state index >= 15 is 0 Å². The fourth-order valence-corrected chi connectivity index (χ4v) is 2.02. The van der Waals surface area contributed by atoms with Crippen LogP contribution in [0.25, 0.3) is 0 Å². The first-order valence-electron chi connectivity index (χ1n) is 5.34. The molecule has 82 valence electrons. The van der Waals surface area contributed by atoms with Gasteiger partial charge in [0.25, 0.3) is 0 Å². The van der Waals surface area contributed by atoms with E-state index < -0.39 is 0 Å². The molecule has 0 aromatic carbocycles. The van der Waals surface area contributed by atoms with Crippen LogP contribution in [-0.2, 0) is 4.74 Å². The van der Waals surface area contributed by atoms with Crippen LogP contribution in [0.5, 0.6) is 0 Å². The molecule has 14 heavy (non-hydrogen) atoms. The van der Waals surface area contributed by atoms with Gasteiger partial charge in [-0.25, -0.2) is 4.79 Å². The van der Waals surface area contributed by atoms with Crippen molar-refractivity contribution in [1.29, 1.82) is 0 Å². The molecule has 1 aliphatic carbocycles. The molecular formula is C10H20N2O2. The Balaban J connectivity index is 2.46. The number of nitrogens with two attached hydrogens (primary N) is 1. The van der Waals surface area contributed by atoms with Crippen LogP contribution < -0.4 is 5.73 Å². The number of hydrogen-bond acceptors (Lipinski definition) is 3. The van der Waals surface area contributed by atoms with Gasteiger partial charge in [0, 0.05) is 12.6 Å². The third-order valence-electron chi connectivity index (χ3n) is 2.78. The van der Waals surface area contributed by atoms with Crippen molar-refractivity contribution in [3.63, 3.8) is 0 Å². The van der Waals surface area contributed by atoms with Gasteiger partial charge in [-0.05, 0) is 25.8 Å². The third-order valence-corrected chi connectivity index (χ3v) is 2.78. The molecule has 0 atom stereocenters. The summed E-state index contributed by atoms with van der Waals surface area (Å²) in [5.74, 6) is 0. The number of methoxy groups -OCH3 is 1. The molecule has 0 aromatic heterocycles. The van der Waals surface area contributed by atoms with Crippen molar-refractivity contribution in [2.45, 2.75) is 38.1 Å². The van der Waals surface area contributed by atoms with Crippen LogP contribution >= 0.6 is 0 Å². The van der Waals surface area contributed by atoms with Crippen molar-refractivity contribution in [2.24, 2.45) is 5.73 Å². The maximum atomic E-state index is 11.5. The average molecular weight is 200 g/mol. The fraction of sp³-hybridized carbons (Fsp3) is 0.900. The molecule has 0 radical (unpaired) electrons. The lowest BCUT2D eigenvalue weighted by molar-refractivity contribution is 0.105. The normalized spacial score (nSPS) is 17.0. The Morgan fingerprint density at radius 1 is 1.50 bits per heavy atom. The molecule has 0 aliphatic heterocycles.